The normalized spacial score (nSPS) is 33.2. The van der Waals surface area contributed by atoms with Gasteiger partial charge >= 0.3 is 0 Å². The minimum Gasteiger partial charge on any atom is -0.367 e. The van der Waals surface area contributed by atoms with E-state index in [1.165, 1.54) is 0 Å². The Morgan fingerprint density at radius 3 is 1.46 bits per heavy atom. The van der Waals surface area contributed by atoms with E-state index in [1.807, 2.05) is 0 Å². The van der Waals surface area contributed by atoms with Crippen molar-refractivity contribution in [1.29, 1.82) is 0 Å². The Hall–Kier alpha value is 1.04. The fourth-order valence-electron chi connectivity index (χ4n) is 0.797. The second-order valence-electron chi connectivity index (χ2n) is 2.87. The van der Waals surface area contributed by atoms with Gasteiger partial charge in [-0.2, -0.15) is 0 Å². The van der Waals surface area contributed by atoms with Gasteiger partial charge in [0.05, 0.1) is 13.2 Å². The van der Waals surface area contributed by atoms with Gasteiger partial charge in [-0.05, 0) is 0 Å². The van der Waals surface area contributed by atoms with E-state index in [0.29, 0.717) is 13.2 Å². The zero-order chi connectivity index (χ0) is 9.69. The van der Waals surface area contributed by atoms with Crippen LogP contribution in [-0.4, -0.2) is 34.5 Å². The van der Waals surface area contributed by atoms with Crippen molar-refractivity contribution in [1.82, 2.24) is 0 Å². The second kappa shape index (κ2) is 3.27. The molecule has 0 aromatic heterocycles. The van der Waals surface area contributed by atoms with Crippen LogP contribution in [0.15, 0.2) is 0 Å². The Labute approximate surface area is 95.1 Å². The van der Waals surface area contributed by atoms with E-state index >= 15 is 0 Å². The van der Waals surface area contributed by atoms with Crippen molar-refractivity contribution < 1.29 is 14.2 Å². The van der Waals surface area contributed by atoms with E-state index in [-0.39, 0.29) is 12.2 Å². The summed E-state index contributed by atoms with van der Waals surface area (Å²) in [4.78, 5) is 0. The lowest BCUT2D eigenvalue weighted by atomic mass is 10.5. The van der Waals surface area contributed by atoms with Crippen molar-refractivity contribution in [3.05, 3.63) is 0 Å². The molecular formula is C6H6Cl4O3. The monoisotopic (exact) mass is 266 g/mol. The molecule has 0 bridgehead atoms. The third-order valence-electron chi connectivity index (χ3n) is 1.69. The summed E-state index contributed by atoms with van der Waals surface area (Å²) in [5, 5.41) is 0. The van der Waals surface area contributed by atoms with Crippen LogP contribution >= 0.6 is 46.4 Å². The first-order valence-electron chi connectivity index (χ1n) is 3.61. The fourth-order valence-corrected chi connectivity index (χ4v) is 1.95. The largest absolute Gasteiger partial charge is 0.367 e. The van der Waals surface area contributed by atoms with Gasteiger partial charge < -0.3 is 14.2 Å². The van der Waals surface area contributed by atoms with Crippen molar-refractivity contribution in [2.45, 2.75) is 21.2 Å². The first kappa shape index (κ1) is 10.6. The molecule has 0 saturated carbocycles. The van der Waals surface area contributed by atoms with Crippen LogP contribution < -0.4 is 0 Å². The Kier molecular flexibility index (Phi) is 2.66. The highest BCUT2D eigenvalue weighted by molar-refractivity contribution is 6.51. The number of epoxide rings is 2. The Balaban J connectivity index is 1.94. The van der Waals surface area contributed by atoms with Gasteiger partial charge in [-0.15, -0.1) is 0 Å². The maximum atomic E-state index is 5.78. The van der Waals surface area contributed by atoms with Crippen LogP contribution in [0.4, 0.5) is 0 Å². The van der Waals surface area contributed by atoms with E-state index in [4.69, 9.17) is 60.6 Å². The SMILES string of the molecule is ClC(Cl)(OC(Cl)(Cl)C1CO1)C1CO1. The lowest BCUT2D eigenvalue weighted by Gasteiger charge is -2.26. The van der Waals surface area contributed by atoms with Crippen LogP contribution in [0.1, 0.15) is 0 Å². The van der Waals surface area contributed by atoms with Gasteiger partial charge in [0.25, 0.3) is 0 Å². The number of hydrogen-bond acceptors (Lipinski definition) is 3. The molecule has 2 saturated heterocycles. The third kappa shape index (κ3) is 2.53. The van der Waals surface area contributed by atoms with Gasteiger partial charge in [-0.3, -0.25) is 0 Å². The molecule has 3 nitrogen and oxygen atoms in total. The van der Waals surface area contributed by atoms with E-state index in [9.17, 15) is 0 Å². The lowest BCUT2D eigenvalue weighted by Crippen LogP contribution is -2.37. The minimum absolute atomic E-state index is 0.369. The molecule has 0 radical (unpaired) electrons. The lowest BCUT2D eigenvalue weighted by molar-refractivity contribution is -0.00147. The molecule has 2 heterocycles. The van der Waals surface area contributed by atoms with Crippen molar-refractivity contribution in [3.63, 3.8) is 0 Å². The number of hydrogen-bond donors (Lipinski definition) is 0. The van der Waals surface area contributed by atoms with Crippen molar-refractivity contribution in [2.24, 2.45) is 0 Å². The fraction of sp³-hybridized carbons (Fsp3) is 1.00. The van der Waals surface area contributed by atoms with Gasteiger partial charge in [0.15, 0.2) is 0 Å². The molecular weight excluding hydrogens is 262 g/mol. The standard InChI is InChI=1S/C6H6Cl4O3/c7-5(8,3-1-11-3)13-6(9,10)4-2-12-4/h3-4H,1-2H2. The zero-order valence-corrected chi connectivity index (χ0v) is 9.33. The highest BCUT2D eigenvalue weighted by atomic mass is 35.5. The van der Waals surface area contributed by atoms with Crippen LogP contribution in [0.2, 0.25) is 0 Å². The van der Waals surface area contributed by atoms with Crippen LogP contribution in [-0.2, 0) is 14.2 Å². The molecule has 2 atom stereocenters. The second-order valence-corrected chi connectivity index (χ2v) is 5.50. The number of alkyl halides is 4. The molecule has 0 spiro atoms. The highest BCUT2D eigenvalue weighted by Crippen LogP contribution is 2.46. The Morgan fingerprint density at radius 1 is 0.923 bits per heavy atom. The number of halogens is 4. The molecule has 2 aliphatic heterocycles. The quantitative estimate of drug-likeness (QED) is 0.578. The van der Waals surface area contributed by atoms with Crippen molar-refractivity contribution >= 4 is 46.4 Å². The third-order valence-corrected chi connectivity index (χ3v) is 2.97. The molecule has 0 amide bonds. The predicted molar refractivity (Wildman–Crippen MR) is 49.4 cm³/mol. The molecule has 0 aliphatic carbocycles. The summed E-state index contributed by atoms with van der Waals surface area (Å²) in [5.41, 5.74) is 0. The molecule has 0 aromatic rings. The van der Waals surface area contributed by atoms with Crippen LogP contribution in [0.3, 0.4) is 0 Å². The highest BCUT2D eigenvalue weighted by Gasteiger charge is 2.55. The predicted octanol–water partition coefficient (Wildman–Crippen LogP) is 2.06. The first-order valence-corrected chi connectivity index (χ1v) is 5.12. The van der Waals surface area contributed by atoms with Crippen LogP contribution in [0, 0.1) is 0 Å². The molecule has 7 heteroatoms. The first-order chi connectivity index (χ1) is 5.92. The summed E-state index contributed by atoms with van der Waals surface area (Å²) in [6, 6.07) is 0. The molecule has 2 aliphatic rings. The smallest absolute Gasteiger partial charge is 0.249 e. The summed E-state index contributed by atoms with van der Waals surface area (Å²) in [6.07, 6.45) is -0.738. The van der Waals surface area contributed by atoms with Crippen molar-refractivity contribution in [3.8, 4) is 0 Å². The molecule has 76 valence electrons. The van der Waals surface area contributed by atoms with Gasteiger partial charge in [-0.1, -0.05) is 46.4 Å². The molecule has 2 fully saturated rings. The summed E-state index contributed by atoms with van der Waals surface area (Å²) in [7, 11) is 0. The average Bonchev–Trinajstić information content (AvgIpc) is 2.81. The number of rotatable bonds is 4. The Morgan fingerprint density at radius 2 is 1.23 bits per heavy atom. The maximum absolute atomic E-state index is 5.78. The maximum Gasteiger partial charge on any atom is 0.249 e. The minimum atomic E-state index is -1.50. The van der Waals surface area contributed by atoms with Gasteiger partial charge in [0, 0.05) is 0 Å². The van der Waals surface area contributed by atoms with E-state index in [0.717, 1.165) is 0 Å². The molecule has 13 heavy (non-hydrogen) atoms. The summed E-state index contributed by atoms with van der Waals surface area (Å²) in [6.45, 7) is 0.894. The number of ether oxygens (including phenoxy) is 3. The van der Waals surface area contributed by atoms with E-state index < -0.39 is 9.04 Å². The van der Waals surface area contributed by atoms with Gasteiger partial charge in [0.2, 0.25) is 9.04 Å². The molecule has 0 N–H and O–H groups in total. The van der Waals surface area contributed by atoms with Crippen LogP contribution in [0.5, 0.6) is 0 Å². The topological polar surface area (TPSA) is 34.3 Å². The van der Waals surface area contributed by atoms with Gasteiger partial charge in [-0.25, -0.2) is 0 Å². The summed E-state index contributed by atoms with van der Waals surface area (Å²) in [5.74, 6) is 0. The van der Waals surface area contributed by atoms with Crippen molar-refractivity contribution in [2.75, 3.05) is 13.2 Å². The van der Waals surface area contributed by atoms with E-state index in [1.54, 1.807) is 0 Å². The van der Waals surface area contributed by atoms with E-state index in [2.05, 4.69) is 0 Å². The van der Waals surface area contributed by atoms with Gasteiger partial charge in [0.1, 0.15) is 12.2 Å². The molecule has 2 unspecified atom stereocenters. The average molecular weight is 268 g/mol. The molecule has 2 rings (SSSR count). The van der Waals surface area contributed by atoms with Crippen LogP contribution in [0.25, 0.3) is 0 Å². The molecule has 0 aromatic carbocycles. The zero-order valence-electron chi connectivity index (χ0n) is 6.31. The summed E-state index contributed by atoms with van der Waals surface area (Å²) >= 11 is 23.1. The summed E-state index contributed by atoms with van der Waals surface area (Å²) < 4.78 is 11.8. The Bertz CT molecular complexity index is 190.